The van der Waals surface area contributed by atoms with Crippen LogP contribution in [0.15, 0.2) is 18.2 Å². The fourth-order valence-corrected chi connectivity index (χ4v) is 1.62. The molecule has 0 spiro atoms. The molecule has 0 heterocycles. The van der Waals surface area contributed by atoms with Crippen LogP contribution in [0.5, 0.6) is 5.75 Å². The number of carboxylic acids is 1. The summed E-state index contributed by atoms with van der Waals surface area (Å²) >= 11 is 5.67. The summed E-state index contributed by atoms with van der Waals surface area (Å²) in [5.41, 5.74) is 0.208. The molecule has 3 N–H and O–H groups in total. The molecular weight excluding hydrogens is 258 g/mol. The van der Waals surface area contributed by atoms with E-state index in [1.165, 1.54) is 18.2 Å². The van der Waals surface area contributed by atoms with Crippen LogP contribution in [0.4, 0.5) is 0 Å². The van der Waals surface area contributed by atoms with Crippen LogP contribution in [0.1, 0.15) is 30.1 Å². The lowest BCUT2D eigenvalue weighted by molar-refractivity contribution is -0.139. The van der Waals surface area contributed by atoms with Crippen molar-refractivity contribution in [2.24, 2.45) is 0 Å². The first-order valence-electron chi connectivity index (χ1n) is 5.48. The van der Waals surface area contributed by atoms with Crippen molar-refractivity contribution in [1.29, 1.82) is 0 Å². The Morgan fingerprint density at radius 2 is 2.11 bits per heavy atom. The monoisotopic (exact) mass is 271 g/mol. The molecule has 0 unspecified atom stereocenters. The molecule has 1 amide bonds. The molecular formula is C12H14ClNO4. The van der Waals surface area contributed by atoms with Gasteiger partial charge in [0.05, 0.1) is 5.02 Å². The molecule has 18 heavy (non-hydrogen) atoms. The van der Waals surface area contributed by atoms with Crippen LogP contribution in [0.3, 0.4) is 0 Å². The SMILES string of the molecule is CCC[C@@H](NC(=O)c1ccc(O)c(Cl)c1)C(=O)O. The van der Waals surface area contributed by atoms with E-state index in [-0.39, 0.29) is 16.3 Å². The lowest BCUT2D eigenvalue weighted by Crippen LogP contribution is -2.40. The topological polar surface area (TPSA) is 86.6 Å². The number of benzene rings is 1. The second kappa shape index (κ2) is 6.26. The van der Waals surface area contributed by atoms with Gasteiger partial charge in [-0.1, -0.05) is 24.9 Å². The van der Waals surface area contributed by atoms with Crippen molar-refractivity contribution in [1.82, 2.24) is 5.32 Å². The number of aromatic hydroxyl groups is 1. The summed E-state index contributed by atoms with van der Waals surface area (Å²) in [6, 6.07) is 3.03. The predicted molar refractivity (Wildman–Crippen MR) is 66.9 cm³/mol. The minimum Gasteiger partial charge on any atom is -0.506 e. The normalized spacial score (nSPS) is 11.9. The van der Waals surface area contributed by atoms with Gasteiger partial charge in [0.25, 0.3) is 5.91 Å². The average molecular weight is 272 g/mol. The third kappa shape index (κ3) is 3.63. The molecule has 0 bridgehead atoms. The number of carbonyl (C=O) groups is 2. The number of nitrogens with one attached hydrogen (secondary N) is 1. The molecule has 0 fully saturated rings. The third-order valence-electron chi connectivity index (χ3n) is 2.39. The summed E-state index contributed by atoms with van der Waals surface area (Å²) in [7, 11) is 0. The zero-order valence-corrected chi connectivity index (χ0v) is 10.6. The second-order valence-corrected chi connectivity index (χ2v) is 4.23. The minimum atomic E-state index is -1.07. The fraction of sp³-hybridized carbons (Fsp3) is 0.333. The molecule has 0 radical (unpaired) electrons. The van der Waals surface area contributed by atoms with Gasteiger partial charge >= 0.3 is 5.97 Å². The lowest BCUT2D eigenvalue weighted by atomic mass is 10.1. The van der Waals surface area contributed by atoms with E-state index in [0.29, 0.717) is 12.8 Å². The molecule has 0 aliphatic heterocycles. The molecule has 0 saturated carbocycles. The number of phenolic OH excluding ortho intramolecular Hbond substituents is 1. The molecule has 98 valence electrons. The smallest absolute Gasteiger partial charge is 0.326 e. The summed E-state index contributed by atoms with van der Waals surface area (Å²) in [6.45, 7) is 1.83. The molecule has 1 aromatic carbocycles. The zero-order chi connectivity index (χ0) is 13.7. The maximum Gasteiger partial charge on any atom is 0.326 e. The van der Waals surface area contributed by atoms with Crippen molar-refractivity contribution < 1.29 is 19.8 Å². The van der Waals surface area contributed by atoms with Gasteiger partial charge in [-0.15, -0.1) is 0 Å². The van der Waals surface area contributed by atoms with Crippen molar-refractivity contribution in [3.05, 3.63) is 28.8 Å². The van der Waals surface area contributed by atoms with E-state index in [4.69, 9.17) is 16.7 Å². The Morgan fingerprint density at radius 1 is 1.44 bits per heavy atom. The highest BCUT2D eigenvalue weighted by Gasteiger charge is 2.19. The number of aliphatic carboxylic acids is 1. The van der Waals surface area contributed by atoms with Gasteiger partial charge < -0.3 is 15.5 Å². The molecule has 0 aromatic heterocycles. The quantitative estimate of drug-likeness (QED) is 0.765. The molecule has 0 aliphatic rings. The maximum absolute atomic E-state index is 11.8. The minimum absolute atomic E-state index is 0.0463. The number of hydrogen-bond donors (Lipinski definition) is 3. The van der Waals surface area contributed by atoms with Crippen LogP contribution in [0.2, 0.25) is 5.02 Å². The number of phenols is 1. The van der Waals surface area contributed by atoms with E-state index in [9.17, 15) is 14.7 Å². The Balaban J connectivity index is 2.80. The number of hydrogen-bond acceptors (Lipinski definition) is 3. The first-order valence-corrected chi connectivity index (χ1v) is 5.85. The maximum atomic E-state index is 11.8. The van der Waals surface area contributed by atoms with Gasteiger partial charge in [0.1, 0.15) is 11.8 Å². The van der Waals surface area contributed by atoms with Crippen molar-refractivity contribution >= 4 is 23.5 Å². The number of carboxylic acid groups (broad SMARTS) is 1. The summed E-state index contributed by atoms with van der Waals surface area (Å²) in [6.07, 6.45) is 1.00. The van der Waals surface area contributed by atoms with Crippen molar-refractivity contribution in [3.63, 3.8) is 0 Å². The van der Waals surface area contributed by atoms with E-state index >= 15 is 0 Å². The van der Waals surface area contributed by atoms with Crippen LogP contribution in [-0.4, -0.2) is 28.1 Å². The number of carbonyl (C=O) groups excluding carboxylic acids is 1. The van der Waals surface area contributed by atoms with E-state index in [1.54, 1.807) is 0 Å². The highest BCUT2D eigenvalue weighted by molar-refractivity contribution is 6.32. The van der Waals surface area contributed by atoms with E-state index < -0.39 is 17.9 Å². The standard InChI is InChI=1S/C12H14ClNO4/c1-2-3-9(12(17)18)14-11(16)7-4-5-10(15)8(13)6-7/h4-6,9,15H,2-3H2,1H3,(H,14,16)(H,17,18)/t9-/m1/s1. The van der Waals surface area contributed by atoms with Crippen LogP contribution >= 0.6 is 11.6 Å². The third-order valence-corrected chi connectivity index (χ3v) is 2.69. The van der Waals surface area contributed by atoms with Crippen LogP contribution in [0.25, 0.3) is 0 Å². The van der Waals surface area contributed by atoms with Crippen LogP contribution in [-0.2, 0) is 4.79 Å². The van der Waals surface area contributed by atoms with Gasteiger partial charge in [-0.3, -0.25) is 4.79 Å². The van der Waals surface area contributed by atoms with Crippen molar-refractivity contribution in [2.45, 2.75) is 25.8 Å². The molecule has 1 atom stereocenters. The molecule has 6 heteroatoms. The predicted octanol–water partition coefficient (Wildman–Crippen LogP) is 2.03. The highest BCUT2D eigenvalue weighted by Crippen LogP contribution is 2.23. The number of halogens is 1. The van der Waals surface area contributed by atoms with Gasteiger partial charge in [-0.25, -0.2) is 4.79 Å². The van der Waals surface area contributed by atoms with Crippen LogP contribution < -0.4 is 5.32 Å². The van der Waals surface area contributed by atoms with Gasteiger partial charge in [0, 0.05) is 5.56 Å². The first-order chi connectivity index (χ1) is 8.45. The molecule has 1 aromatic rings. The molecule has 1 rings (SSSR count). The summed E-state index contributed by atoms with van der Waals surface area (Å²) in [4.78, 5) is 22.7. The van der Waals surface area contributed by atoms with Crippen molar-refractivity contribution in [2.75, 3.05) is 0 Å². The summed E-state index contributed by atoms with van der Waals surface area (Å²) in [5, 5.41) is 20.6. The van der Waals surface area contributed by atoms with E-state index in [2.05, 4.69) is 5.32 Å². The first kappa shape index (κ1) is 14.3. The highest BCUT2D eigenvalue weighted by atomic mass is 35.5. The molecule has 5 nitrogen and oxygen atoms in total. The van der Waals surface area contributed by atoms with Gasteiger partial charge in [0.15, 0.2) is 0 Å². The largest absolute Gasteiger partial charge is 0.506 e. The number of amides is 1. The van der Waals surface area contributed by atoms with Gasteiger partial charge in [-0.2, -0.15) is 0 Å². The Bertz CT molecular complexity index is 461. The van der Waals surface area contributed by atoms with Gasteiger partial charge in [-0.05, 0) is 24.6 Å². The zero-order valence-electron chi connectivity index (χ0n) is 9.81. The Hall–Kier alpha value is -1.75. The molecule has 0 saturated heterocycles. The average Bonchev–Trinajstić information content (AvgIpc) is 2.31. The second-order valence-electron chi connectivity index (χ2n) is 3.82. The summed E-state index contributed by atoms with van der Waals surface area (Å²) in [5.74, 6) is -1.73. The number of rotatable bonds is 5. The lowest BCUT2D eigenvalue weighted by Gasteiger charge is -2.13. The van der Waals surface area contributed by atoms with Crippen LogP contribution in [0, 0.1) is 0 Å². The Morgan fingerprint density at radius 3 is 2.61 bits per heavy atom. The van der Waals surface area contributed by atoms with Crippen molar-refractivity contribution in [3.8, 4) is 5.75 Å². The van der Waals surface area contributed by atoms with E-state index in [1.807, 2.05) is 6.92 Å². The van der Waals surface area contributed by atoms with Gasteiger partial charge in [0.2, 0.25) is 0 Å². The van der Waals surface area contributed by atoms with E-state index in [0.717, 1.165) is 0 Å². The summed E-state index contributed by atoms with van der Waals surface area (Å²) < 4.78 is 0. The Kier molecular flexibility index (Phi) is 4.97. The molecule has 0 aliphatic carbocycles. The fourth-order valence-electron chi connectivity index (χ4n) is 1.44. The Labute approximate surface area is 109 Å².